The van der Waals surface area contributed by atoms with Gasteiger partial charge in [0.15, 0.2) is 5.79 Å². The molecule has 1 aliphatic rings. The first-order valence-corrected chi connectivity index (χ1v) is 7.30. The average molecular weight is 281 g/mol. The molecule has 1 N–H and O–H groups in total. The van der Waals surface area contributed by atoms with Crippen LogP contribution in [0.15, 0.2) is 35.2 Å². The molecule has 2 rings (SSSR count). The number of thioether (sulfide) groups is 1. The van der Waals surface area contributed by atoms with Crippen molar-refractivity contribution < 1.29 is 14.3 Å². The van der Waals surface area contributed by atoms with Gasteiger partial charge in [-0.05, 0) is 26.0 Å². The maximum atomic E-state index is 11.7. The summed E-state index contributed by atoms with van der Waals surface area (Å²) in [6, 6.07) is 9.88. The van der Waals surface area contributed by atoms with Crippen molar-refractivity contribution in [2.75, 3.05) is 18.9 Å². The highest BCUT2D eigenvalue weighted by Gasteiger charge is 2.32. The Kier molecular flexibility index (Phi) is 4.85. The molecule has 1 heterocycles. The normalized spacial score (nSPS) is 21.3. The van der Waals surface area contributed by atoms with E-state index in [1.807, 2.05) is 44.2 Å². The Morgan fingerprint density at radius 3 is 2.79 bits per heavy atom. The van der Waals surface area contributed by atoms with Gasteiger partial charge in [0, 0.05) is 11.4 Å². The van der Waals surface area contributed by atoms with Gasteiger partial charge < -0.3 is 14.8 Å². The van der Waals surface area contributed by atoms with Gasteiger partial charge in [0.2, 0.25) is 5.91 Å². The van der Waals surface area contributed by atoms with Gasteiger partial charge >= 0.3 is 0 Å². The zero-order valence-electron chi connectivity index (χ0n) is 11.2. The first kappa shape index (κ1) is 14.4. The van der Waals surface area contributed by atoms with Crippen molar-refractivity contribution in [3.8, 4) is 0 Å². The molecule has 19 heavy (non-hydrogen) atoms. The summed E-state index contributed by atoms with van der Waals surface area (Å²) in [5.74, 6) is -0.100. The molecular formula is C14H19NO3S. The topological polar surface area (TPSA) is 47.6 Å². The van der Waals surface area contributed by atoms with Gasteiger partial charge in [0.1, 0.15) is 6.10 Å². The van der Waals surface area contributed by atoms with Crippen LogP contribution in [0.25, 0.3) is 0 Å². The average Bonchev–Trinajstić information content (AvgIpc) is 2.75. The molecule has 0 spiro atoms. The number of amides is 1. The molecule has 0 saturated carbocycles. The molecule has 0 aromatic heterocycles. The Hall–Kier alpha value is -1.04. The second-order valence-corrected chi connectivity index (χ2v) is 5.91. The zero-order valence-corrected chi connectivity index (χ0v) is 12.0. The minimum Gasteiger partial charge on any atom is -0.353 e. The fourth-order valence-corrected chi connectivity index (χ4v) is 2.56. The number of hydrogen-bond acceptors (Lipinski definition) is 4. The summed E-state index contributed by atoms with van der Waals surface area (Å²) < 4.78 is 11.1. The second kappa shape index (κ2) is 6.41. The molecule has 0 aliphatic carbocycles. The van der Waals surface area contributed by atoms with Crippen molar-refractivity contribution in [2.45, 2.75) is 30.6 Å². The molecule has 0 bridgehead atoms. The Morgan fingerprint density at radius 2 is 2.16 bits per heavy atom. The molecule has 0 radical (unpaired) electrons. The Bertz CT molecular complexity index is 422. The summed E-state index contributed by atoms with van der Waals surface area (Å²) in [6.45, 7) is 4.77. The Balaban J connectivity index is 1.65. The molecule has 1 unspecified atom stereocenters. The van der Waals surface area contributed by atoms with Crippen LogP contribution in [-0.4, -0.2) is 36.7 Å². The lowest BCUT2D eigenvalue weighted by Gasteiger charge is -2.17. The van der Waals surface area contributed by atoms with Crippen LogP contribution in [0.5, 0.6) is 0 Å². The van der Waals surface area contributed by atoms with Gasteiger partial charge in [0.25, 0.3) is 0 Å². The van der Waals surface area contributed by atoms with Crippen molar-refractivity contribution >= 4 is 17.7 Å². The van der Waals surface area contributed by atoms with E-state index < -0.39 is 5.79 Å². The molecule has 1 aromatic rings. The molecule has 5 heteroatoms. The lowest BCUT2D eigenvalue weighted by Crippen LogP contribution is -2.35. The van der Waals surface area contributed by atoms with Gasteiger partial charge in [0.05, 0.1) is 12.4 Å². The lowest BCUT2D eigenvalue weighted by atomic mass is 10.3. The van der Waals surface area contributed by atoms with E-state index in [1.54, 1.807) is 0 Å². The summed E-state index contributed by atoms with van der Waals surface area (Å²) in [5, 5.41) is 2.87. The minimum absolute atomic E-state index is 0.0159. The first-order valence-electron chi connectivity index (χ1n) is 6.31. The van der Waals surface area contributed by atoms with Crippen LogP contribution in [0.4, 0.5) is 0 Å². The summed E-state index contributed by atoms with van der Waals surface area (Å²) in [4.78, 5) is 12.8. The van der Waals surface area contributed by atoms with E-state index in [1.165, 1.54) is 11.8 Å². The van der Waals surface area contributed by atoms with Crippen LogP contribution in [0.3, 0.4) is 0 Å². The van der Waals surface area contributed by atoms with Crippen LogP contribution in [0, 0.1) is 0 Å². The van der Waals surface area contributed by atoms with Crippen molar-refractivity contribution in [1.29, 1.82) is 0 Å². The van der Waals surface area contributed by atoms with Crippen molar-refractivity contribution in [3.63, 3.8) is 0 Å². The predicted molar refractivity (Wildman–Crippen MR) is 75.1 cm³/mol. The van der Waals surface area contributed by atoms with Crippen LogP contribution in [0.1, 0.15) is 13.8 Å². The third-order valence-corrected chi connectivity index (χ3v) is 3.72. The smallest absolute Gasteiger partial charge is 0.230 e. The second-order valence-electron chi connectivity index (χ2n) is 4.86. The van der Waals surface area contributed by atoms with Gasteiger partial charge in [-0.2, -0.15) is 0 Å². The van der Waals surface area contributed by atoms with Crippen molar-refractivity contribution in [2.24, 2.45) is 0 Å². The van der Waals surface area contributed by atoms with Crippen LogP contribution >= 0.6 is 11.8 Å². The molecule has 1 aliphatic heterocycles. The molecule has 1 amide bonds. The minimum atomic E-state index is -0.534. The molecular weight excluding hydrogens is 262 g/mol. The third-order valence-electron chi connectivity index (χ3n) is 2.71. The standard InChI is InChI=1S/C14H19NO3S/c1-14(2)17-9-11(18-14)8-15-13(16)10-19-12-6-4-3-5-7-12/h3-7,11H,8-10H2,1-2H3,(H,15,16). The van der Waals surface area contributed by atoms with E-state index in [0.29, 0.717) is 18.9 Å². The Morgan fingerprint density at radius 1 is 1.42 bits per heavy atom. The fraction of sp³-hybridized carbons (Fsp3) is 0.500. The van der Waals surface area contributed by atoms with Crippen LogP contribution in [0.2, 0.25) is 0 Å². The van der Waals surface area contributed by atoms with E-state index in [-0.39, 0.29) is 12.0 Å². The van der Waals surface area contributed by atoms with Crippen LogP contribution in [-0.2, 0) is 14.3 Å². The van der Waals surface area contributed by atoms with E-state index in [2.05, 4.69) is 5.32 Å². The quantitative estimate of drug-likeness (QED) is 0.839. The highest BCUT2D eigenvalue weighted by atomic mass is 32.2. The molecule has 4 nitrogen and oxygen atoms in total. The number of carbonyl (C=O) groups is 1. The zero-order chi connectivity index (χ0) is 13.7. The van der Waals surface area contributed by atoms with E-state index in [0.717, 1.165) is 4.90 Å². The number of benzene rings is 1. The number of rotatable bonds is 5. The van der Waals surface area contributed by atoms with Gasteiger partial charge in [-0.25, -0.2) is 0 Å². The first-order chi connectivity index (χ1) is 9.05. The number of ether oxygens (including phenoxy) is 2. The maximum absolute atomic E-state index is 11.7. The van der Waals surface area contributed by atoms with Crippen molar-refractivity contribution in [3.05, 3.63) is 30.3 Å². The van der Waals surface area contributed by atoms with Gasteiger partial charge in [-0.3, -0.25) is 4.79 Å². The van der Waals surface area contributed by atoms with E-state index in [4.69, 9.17) is 9.47 Å². The third kappa shape index (κ3) is 4.86. The number of hydrogen-bond donors (Lipinski definition) is 1. The SMILES string of the molecule is CC1(C)OCC(CNC(=O)CSc2ccccc2)O1. The monoisotopic (exact) mass is 281 g/mol. The largest absolute Gasteiger partial charge is 0.353 e. The molecule has 1 fully saturated rings. The van der Waals surface area contributed by atoms with Crippen molar-refractivity contribution in [1.82, 2.24) is 5.32 Å². The van der Waals surface area contributed by atoms with Gasteiger partial charge in [-0.15, -0.1) is 11.8 Å². The molecule has 104 valence electrons. The fourth-order valence-electron chi connectivity index (χ4n) is 1.81. The number of carbonyl (C=O) groups excluding carboxylic acids is 1. The Labute approximate surface area is 117 Å². The lowest BCUT2D eigenvalue weighted by molar-refractivity contribution is -0.139. The van der Waals surface area contributed by atoms with E-state index >= 15 is 0 Å². The van der Waals surface area contributed by atoms with Gasteiger partial charge in [-0.1, -0.05) is 18.2 Å². The summed E-state index contributed by atoms with van der Waals surface area (Å²) in [7, 11) is 0. The number of nitrogens with one attached hydrogen (secondary N) is 1. The van der Waals surface area contributed by atoms with E-state index in [9.17, 15) is 4.79 Å². The predicted octanol–water partition coefficient (Wildman–Crippen LogP) is 2.05. The summed E-state index contributed by atoms with van der Waals surface area (Å²) in [5.41, 5.74) is 0. The molecule has 1 aromatic carbocycles. The maximum Gasteiger partial charge on any atom is 0.230 e. The highest BCUT2D eigenvalue weighted by Crippen LogP contribution is 2.21. The van der Waals surface area contributed by atoms with Crippen LogP contribution < -0.4 is 5.32 Å². The summed E-state index contributed by atoms with van der Waals surface area (Å²) >= 11 is 1.53. The molecule has 1 saturated heterocycles. The summed E-state index contributed by atoms with van der Waals surface area (Å²) in [6.07, 6.45) is -0.0549. The highest BCUT2D eigenvalue weighted by molar-refractivity contribution is 8.00. The molecule has 1 atom stereocenters.